The van der Waals surface area contributed by atoms with Crippen LogP contribution in [0.3, 0.4) is 0 Å². The lowest BCUT2D eigenvalue weighted by Gasteiger charge is -2.15. The second kappa shape index (κ2) is 3.87. The first-order valence-corrected chi connectivity index (χ1v) is 4.40. The highest BCUT2D eigenvalue weighted by molar-refractivity contribution is 5.18. The average Bonchev–Trinajstić information content (AvgIpc) is 2.44. The SMILES string of the molecule is Cc1cnn(C)c1C(F)C(C)CN. The molecule has 0 saturated carbocycles. The quantitative estimate of drug-likeness (QED) is 0.772. The van der Waals surface area contributed by atoms with Gasteiger partial charge in [-0.3, -0.25) is 4.68 Å². The molecular weight excluding hydrogens is 169 g/mol. The van der Waals surface area contributed by atoms with Gasteiger partial charge in [-0.05, 0) is 19.0 Å². The highest BCUT2D eigenvalue weighted by Crippen LogP contribution is 2.27. The van der Waals surface area contributed by atoms with Crippen LogP contribution in [0.5, 0.6) is 0 Å². The number of rotatable bonds is 3. The van der Waals surface area contributed by atoms with E-state index in [9.17, 15) is 4.39 Å². The second-order valence-corrected chi connectivity index (χ2v) is 3.45. The zero-order valence-corrected chi connectivity index (χ0v) is 8.29. The summed E-state index contributed by atoms with van der Waals surface area (Å²) in [6.07, 6.45) is 0.656. The number of alkyl halides is 1. The number of halogens is 1. The Morgan fingerprint density at radius 3 is 2.69 bits per heavy atom. The Morgan fingerprint density at radius 1 is 1.69 bits per heavy atom. The van der Waals surface area contributed by atoms with Gasteiger partial charge in [-0.15, -0.1) is 0 Å². The van der Waals surface area contributed by atoms with Gasteiger partial charge in [0.05, 0.1) is 11.9 Å². The van der Waals surface area contributed by atoms with Crippen LogP contribution in [0.4, 0.5) is 4.39 Å². The first-order chi connectivity index (χ1) is 6.07. The maximum atomic E-state index is 13.7. The van der Waals surface area contributed by atoms with Crippen molar-refractivity contribution in [1.82, 2.24) is 9.78 Å². The summed E-state index contributed by atoms with van der Waals surface area (Å²) in [5.74, 6) is -0.158. The molecule has 2 unspecified atom stereocenters. The van der Waals surface area contributed by atoms with Gasteiger partial charge in [0, 0.05) is 13.0 Å². The fourth-order valence-corrected chi connectivity index (χ4v) is 1.34. The smallest absolute Gasteiger partial charge is 0.146 e. The molecule has 2 N–H and O–H groups in total. The standard InChI is InChI=1S/C9H16FN3/c1-6(4-11)8(10)9-7(2)5-12-13(9)3/h5-6,8H,4,11H2,1-3H3. The van der Waals surface area contributed by atoms with Gasteiger partial charge in [-0.2, -0.15) is 5.10 Å². The third-order valence-electron chi connectivity index (χ3n) is 2.31. The number of nitrogens with two attached hydrogens (primary N) is 1. The zero-order chi connectivity index (χ0) is 10.0. The van der Waals surface area contributed by atoms with Crippen LogP contribution in [0.2, 0.25) is 0 Å². The van der Waals surface area contributed by atoms with E-state index in [1.807, 2.05) is 6.92 Å². The molecule has 0 fully saturated rings. The Bertz CT molecular complexity index is 263. The van der Waals surface area contributed by atoms with Crippen LogP contribution >= 0.6 is 0 Å². The molecule has 3 nitrogen and oxygen atoms in total. The summed E-state index contributed by atoms with van der Waals surface area (Å²) in [5.41, 5.74) is 6.93. The van der Waals surface area contributed by atoms with Crippen LogP contribution in [0.25, 0.3) is 0 Å². The lowest BCUT2D eigenvalue weighted by molar-refractivity contribution is 0.237. The van der Waals surface area contributed by atoms with Crippen molar-refractivity contribution in [3.05, 3.63) is 17.5 Å². The highest BCUT2D eigenvalue weighted by Gasteiger charge is 2.22. The summed E-state index contributed by atoms with van der Waals surface area (Å²) in [7, 11) is 1.75. The summed E-state index contributed by atoms with van der Waals surface area (Å²) < 4.78 is 15.3. The minimum Gasteiger partial charge on any atom is -0.330 e. The summed E-state index contributed by atoms with van der Waals surface area (Å²) >= 11 is 0. The second-order valence-electron chi connectivity index (χ2n) is 3.45. The van der Waals surface area contributed by atoms with E-state index < -0.39 is 6.17 Å². The van der Waals surface area contributed by atoms with Gasteiger partial charge in [0.15, 0.2) is 0 Å². The molecule has 1 heterocycles. The largest absolute Gasteiger partial charge is 0.330 e. The third-order valence-corrected chi connectivity index (χ3v) is 2.31. The molecule has 0 aliphatic rings. The van der Waals surface area contributed by atoms with E-state index in [0.717, 1.165) is 5.56 Å². The van der Waals surface area contributed by atoms with Gasteiger partial charge in [0.25, 0.3) is 0 Å². The summed E-state index contributed by atoms with van der Waals surface area (Å²) in [6, 6.07) is 0. The molecule has 0 spiro atoms. The van der Waals surface area contributed by atoms with Gasteiger partial charge in [-0.25, -0.2) is 4.39 Å². The van der Waals surface area contributed by atoms with Gasteiger partial charge in [0.2, 0.25) is 0 Å². The number of nitrogens with zero attached hydrogens (tertiary/aromatic N) is 2. The fraction of sp³-hybridized carbons (Fsp3) is 0.667. The molecule has 74 valence electrons. The Hall–Kier alpha value is -0.900. The van der Waals surface area contributed by atoms with Crippen molar-refractivity contribution in [2.45, 2.75) is 20.0 Å². The first kappa shape index (κ1) is 10.2. The summed E-state index contributed by atoms with van der Waals surface area (Å²) in [4.78, 5) is 0. The maximum Gasteiger partial charge on any atom is 0.146 e. The molecular formula is C9H16FN3. The molecule has 1 rings (SSSR count). The van der Waals surface area contributed by atoms with Crippen LogP contribution in [0.1, 0.15) is 24.4 Å². The molecule has 0 bridgehead atoms. The Kier molecular flexibility index (Phi) is 3.03. The van der Waals surface area contributed by atoms with Crippen LogP contribution < -0.4 is 5.73 Å². The molecule has 0 amide bonds. The predicted molar refractivity (Wildman–Crippen MR) is 50.0 cm³/mol. The predicted octanol–water partition coefficient (Wildman–Crippen LogP) is 1.33. The van der Waals surface area contributed by atoms with E-state index in [4.69, 9.17) is 5.73 Å². The van der Waals surface area contributed by atoms with Crippen LogP contribution in [-0.2, 0) is 7.05 Å². The number of hydrogen-bond acceptors (Lipinski definition) is 2. The van der Waals surface area contributed by atoms with Crippen molar-refractivity contribution in [3.8, 4) is 0 Å². The lowest BCUT2D eigenvalue weighted by atomic mass is 10.0. The Balaban J connectivity index is 2.93. The van der Waals surface area contributed by atoms with E-state index in [2.05, 4.69) is 5.10 Å². The van der Waals surface area contributed by atoms with Crippen molar-refractivity contribution in [2.24, 2.45) is 18.7 Å². The topological polar surface area (TPSA) is 43.8 Å². The monoisotopic (exact) mass is 185 g/mol. The number of aryl methyl sites for hydroxylation is 2. The van der Waals surface area contributed by atoms with Crippen molar-refractivity contribution < 1.29 is 4.39 Å². The normalized spacial score (nSPS) is 15.8. The van der Waals surface area contributed by atoms with Crippen molar-refractivity contribution in [1.29, 1.82) is 0 Å². The van der Waals surface area contributed by atoms with Gasteiger partial charge >= 0.3 is 0 Å². The van der Waals surface area contributed by atoms with E-state index >= 15 is 0 Å². The molecule has 1 aromatic rings. The first-order valence-electron chi connectivity index (χ1n) is 4.40. The van der Waals surface area contributed by atoms with Crippen molar-refractivity contribution in [2.75, 3.05) is 6.54 Å². The van der Waals surface area contributed by atoms with Crippen molar-refractivity contribution in [3.63, 3.8) is 0 Å². The molecule has 13 heavy (non-hydrogen) atoms. The van der Waals surface area contributed by atoms with Gasteiger partial charge in [-0.1, -0.05) is 6.92 Å². The third kappa shape index (κ3) is 1.88. The molecule has 0 aliphatic heterocycles. The van der Waals surface area contributed by atoms with Crippen LogP contribution in [0, 0.1) is 12.8 Å². The lowest BCUT2D eigenvalue weighted by Crippen LogP contribution is -2.18. The molecule has 1 aromatic heterocycles. The molecule has 0 aliphatic carbocycles. The minimum absolute atomic E-state index is 0.158. The number of hydrogen-bond donors (Lipinski definition) is 1. The van der Waals surface area contributed by atoms with E-state index in [1.165, 1.54) is 0 Å². The summed E-state index contributed by atoms with van der Waals surface area (Å²) in [6.45, 7) is 4.01. The molecule has 0 saturated heterocycles. The van der Waals surface area contributed by atoms with E-state index in [0.29, 0.717) is 12.2 Å². The van der Waals surface area contributed by atoms with Crippen LogP contribution in [0.15, 0.2) is 6.20 Å². The van der Waals surface area contributed by atoms with E-state index in [1.54, 1.807) is 24.9 Å². The Labute approximate surface area is 77.7 Å². The fourth-order valence-electron chi connectivity index (χ4n) is 1.34. The highest BCUT2D eigenvalue weighted by atomic mass is 19.1. The summed E-state index contributed by atoms with van der Waals surface area (Å²) in [5, 5.41) is 3.99. The van der Waals surface area contributed by atoms with Crippen molar-refractivity contribution >= 4 is 0 Å². The molecule has 0 radical (unpaired) electrons. The van der Waals surface area contributed by atoms with Gasteiger partial charge in [0.1, 0.15) is 6.17 Å². The maximum absolute atomic E-state index is 13.7. The van der Waals surface area contributed by atoms with Gasteiger partial charge < -0.3 is 5.73 Å². The molecule has 4 heteroatoms. The average molecular weight is 185 g/mol. The zero-order valence-electron chi connectivity index (χ0n) is 8.29. The Morgan fingerprint density at radius 2 is 2.31 bits per heavy atom. The minimum atomic E-state index is -1.02. The van der Waals surface area contributed by atoms with E-state index in [-0.39, 0.29) is 5.92 Å². The molecule has 2 atom stereocenters. The number of aromatic nitrogens is 2. The molecule has 0 aromatic carbocycles. The van der Waals surface area contributed by atoms with Crippen LogP contribution in [-0.4, -0.2) is 16.3 Å².